The number of carbonyl (C=O) groups is 2. The van der Waals surface area contributed by atoms with Crippen LogP contribution in [0.4, 0.5) is 0 Å². The lowest BCUT2D eigenvalue weighted by Gasteiger charge is -2.21. The number of benzene rings is 2. The fourth-order valence-electron chi connectivity index (χ4n) is 5.09. The Labute approximate surface area is 248 Å². The lowest BCUT2D eigenvalue weighted by molar-refractivity contribution is -0.129. The Balaban J connectivity index is 1.25. The zero-order chi connectivity index (χ0) is 29.4. The SMILES string of the molecule is CCN(Cc1ccc(-c2nnc(C3CC(=O)N(C4CC4)C3)o2)cc1Oc1ccc(-c2nnc(C(C)C)s2)cc1)C(C)=O. The lowest BCUT2D eigenvalue weighted by atomic mass is 10.1. The molecule has 0 N–H and O–H groups in total. The monoisotopic (exact) mass is 586 g/mol. The van der Waals surface area contributed by atoms with E-state index in [1.807, 2.05) is 54.3 Å². The number of rotatable bonds is 10. The normalized spacial score (nSPS) is 16.8. The molecule has 1 unspecified atom stereocenters. The Morgan fingerprint density at radius 1 is 1.10 bits per heavy atom. The maximum atomic E-state index is 12.4. The van der Waals surface area contributed by atoms with Gasteiger partial charge in [-0.05, 0) is 56.2 Å². The van der Waals surface area contributed by atoms with Crippen LogP contribution in [0, 0.1) is 0 Å². The van der Waals surface area contributed by atoms with Crippen LogP contribution in [-0.2, 0) is 16.1 Å². The van der Waals surface area contributed by atoms with E-state index in [1.54, 1.807) is 23.2 Å². The molecule has 3 heterocycles. The van der Waals surface area contributed by atoms with Gasteiger partial charge in [0.2, 0.25) is 23.6 Å². The second-order valence-electron chi connectivity index (χ2n) is 11.2. The summed E-state index contributed by atoms with van der Waals surface area (Å²) in [6.45, 7) is 9.33. The van der Waals surface area contributed by atoms with E-state index in [2.05, 4.69) is 34.2 Å². The van der Waals surface area contributed by atoms with Crippen molar-refractivity contribution < 1.29 is 18.7 Å². The Morgan fingerprint density at radius 3 is 2.52 bits per heavy atom. The fraction of sp³-hybridized carbons (Fsp3) is 0.419. The predicted molar refractivity (Wildman–Crippen MR) is 158 cm³/mol. The molecule has 0 spiro atoms. The van der Waals surface area contributed by atoms with Crippen LogP contribution >= 0.6 is 11.3 Å². The van der Waals surface area contributed by atoms with E-state index in [4.69, 9.17) is 9.15 Å². The van der Waals surface area contributed by atoms with Crippen LogP contribution in [-0.4, -0.2) is 61.1 Å². The molecule has 4 aromatic rings. The summed E-state index contributed by atoms with van der Waals surface area (Å²) in [4.78, 5) is 28.3. The standard InChI is InChI=1S/C31H34N6O4S/c1-5-36(19(4)38)16-22-7-6-21(28-32-33-29(41-28)23-15-27(39)37(17-23)24-10-11-24)14-26(22)40-25-12-8-20(9-13-25)31-35-34-30(42-31)18(2)3/h6-9,12-14,18,23-24H,5,10-11,15-17H2,1-4H3. The minimum atomic E-state index is -0.0915. The molecule has 0 bridgehead atoms. The summed E-state index contributed by atoms with van der Waals surface area (Å²) in [7, 11) is 0. The first kappa shape index (κ1) is 28.0. The highest BCUT2D eigenvalue weighted by atomic mass is 32.1. The summed E-state index contributed by atoms with van der Waals surface area (Å²) in [5.41, 5.74) is 2.53. The molecule has 42 heavy (non-hydrogen) atoms. The molecule has 1 atom stereocenters. The van der Waals surface area contributed by atoms with Crippen molar-refractivity contribution in [3.05, 3.63) is 58.9 Å². The van der Waals surface area contributed by atoms with Crippen molar-refractivity contribution in [1.29, 1.82) is 0 Å². The highest BCUT2D eigenvalue weighted by Crippen LogP contribution is 2.38. The van der Waals surface area contributed by atoms with Crippen LogP contribution in [0.5, 0.6) is 11.5 Å². The summed E-state index contributed by atoms with van der Waals surface area (Å²) < 4.78 is 12.5. The van der Waals surface area contributed by atoms with Crippen LogP contribution in [0.3, 0.4) is 0 Å². The van der Waals surface area contributed by atoms with Gasteiger partial charge in [0, 0.05) is 61.6 Å². The van der Waals surface area contributed by atoms with Gasteiger partial charge in [0.25, 0.3) is 0 Å². The van der Waals surface area contributed by atoms with Gasteiger partial charge in [0.05, 0.1) is 5.92 Å². The highest BCUT2D eigenvalue weighted by Gasteiger charge is 2.41. The molecular weight excluding hydrogens is 552 g/mol. The molecule has 10 nitrogen and oxygen atoms in total. The third-order valence-electron chi connectivity index (χ3n) is 7.70. The molecule has 0 radical (unpaired) electrons. The summed E-state index contributed by atoms with van der Waals surface area (Å²) in [5.74, 6) is 2.47. The van der Waals surface area contributed by atoms with Crippen molar-refractivity contribution in [2.24, 2.45) is 0 Å². The van der Waals surface area contributed by atoms with Crippen LogP contribution < -0.4 is 4.74 Å². The number of likely N-dealkylation sites (tertiary alicyclic amines) is 1. The van der Waals surface area contributed by atoms with Gasteiger partial charge in [-0.3, -0.25) is 9.59 Å². The number of ether oxygens (including phenoxy) is 1. The van der Waals surface area contributed by atoms with E-state index < -0.39 is 0 Å². The lowest BCUT2D eigenvalue weighted by Crippen LogP contribution is -2.27. The van der Waals surface area contributed by atoms with Crippen molar-refractivity contribution >= 4 is 23.2 Å². The average molecular weight is 587 g/mol. The summed E-state index contributed by atoms with van der Waals surface area (Å²) in [6.07, 6.45) is 2.55. The third kappa shape index (κ3) is 5.92. The number of hydrogen-bond donors (Lipinski definition) is 0. The van der Waals surface area contributed by atoms with E-state index >= 15 is 0 Å². The number of aromatic nitrogens is 4. The van der Waals surface area contributed by atoms with Crippen molar-refractivity contribution in [1.82, 2.24) is 30.2 Å². The average Bonchev–Trinajstić information content (AvgIpc) is 3.35. The summed E-state index contributed by atoms with van der Waals surface area (Å²) >= 11 is 1.59. The van der Waals surface area contributed by atoms with Gasteiger partial charge in [0.1, 0.15) is 21.5 Å². The number of amides is 2. The molecule has 1 aliphatic carbocycles. The van der Waals surface area contributed by atoms with Gasteiger partial charge in [-0.2, -0.15) is 0 Å². The number of hydrogen-bond acceptors (Lipinski definition) is 9. The zero-order valence-corrected chi connectivity index (χ0v) is 25.1. The van der Waals surface area contributed by atoms with Crippen molar-refractivity contribution in [3.8, 4) is 33.5 Å². The Hall–Kier alpha value is -4.12. The van der Waals surface area contributed by atoms with Crippen molar-refractivity contribution in [3.63, 3.8) is 0 Å². The van der Waals surface area contributed by atoms with Crippen molar-refractivity contribution in [2.45, 2.75) is 71.4 Å². The first-order valence-electron chi connectivity index (χ1n) is 14.4. The van der Waals surface area contributed by atoms with Gasteiger partial charge in [-0.1, -0.05) is 31.3 Å². The minimum Gasteiger partial charge on any atom is -0.457 e. The second kappa shape index (κ2) is 11.6. The highest BCUT2D eigenvalue weighted by molar-refractivity contribution is 7.14. The van der Waals surface area contributed by atoms with Gasteiger partial charge >= 0.3 is 0 Å². The molecule has 6 rings (SSSR count). The van der Waals surface area contributed by atoms with Gasteiger partial charge in [0.15, 0.2) is 0 Å². The smallest absolute Gasteiger partial charge is 0.247 e. The van der Waals surface area contributed by atoms with Crippen LogP contribution in [0.2, 0.25) is 0 Å². The predicted octanol–water partition coefficient (Wildman–Crippen LogP) is 6.02. The minimum absolute atomic E-state index is 0.0115. The molecular formula is C31H34N6O4S. The van der Waals surface area contributed by atoms with E-state index in [0.717, 1.165) is 34.0 Å². The largest absolute Gasteiger partial charge is 0.457 e. The maximum absolute atomic E-state index is 12.4. The van der Waals surface area contributed by atoms with Crippen LogP contribution in [0.1, 0.15) is 75.3 Å². The summed E-state index contributed by atoms with van der Waals surface area (Å²) in [6, 6.07) is 13.8. The quantitative estimate of drug-likeness (QED) is 0.222. The van der Waals surface area contributed by atoms with E-state index in [-0.39, 0.29) is 17.7 Å². The van der Waals surface area contributed by atoms with E-state index in [9.17, 15) is 9.59 Å². The molecule has 1 aliphatic heterocycles. The molecule has 2 aromatic heterocycles. The first-order valence-corrected chi connectivity index (χ1v) is 15.2. The fourth-order valence-corrected chi connectivity index (χ4v) is 5.95. The first-order chi connectivity index (χ1) is 20.3. The maximum Gasteiger partial charge on any atom is 0.247 e. The third-order valence-corrected chi connectivity index (χ3v) is 8.97. The molecule has 2 aliphatic rings. The molecule has 11 heteroatoms. The molecule has 1 saturated carbocycles. The molecule has 2 aromatic carbocycles. The Morgan fingerprint density at radius 2 is 1.86 bits per heavy atom. The van der Waals surface area contributed by atoms with E-state index in [1.165, 1.54) is 0 Å². The van der Waals surface area contributed by atoms with Crippen LogP contribution in [0.25, 0.3) is 22.0 Å². The van der Waals surface area contributed by atoms with Gasteiger partial charge < -0.3 is 19.0 Å². The molecule has 218 valence electrons. The summed E-state index contributed by atoms with van der Waals surface area (Å²) in [5, 5.41) is 19.1. The number of nitrogens with zero attached hydrogens (tertiary/aromatic N) is 6. The van der Waals surface area contributed by atoms with E-state index in [0.29, 0.717) is 66.9 Å². The van der Waals surface area contributed by atoms with Gasteiger partial charge in [-0.25, -0.2) is 0 Å². The zero-order valence-electron chi connectivity index (χ0n) is 24.2. The Bertz CT molecular complexity index is 1590. The molecule has 1 saturated heterocycles. The second-order valence-corrected chi connectivity index (χ2v) is 12.2. The van der Waals surface area contributed by atoms with Crippen LogP contribution in [0.15, 0.2) is 46.9 Å². The van der Waals surface area contributed by atoms with Crippen molar-refractivity contribution in [2.75, 3.05) is 13.1 Å². The topological polar surface area (TPSA) is 115 Å². The molecule has 2 amide bonds. The van der Waals surface area contributed by atoms with Gasteiger partial charge in [-0.15, -0.1) is 20.4 Å². The molecule has 2 fully saturated rings. The Kier molecular flexibility index (Phi) is 7.76. The number of carbonyl (C=O) groups excluding carboxylic acids is 2.